The van der Waals surface area contributed by atoms with Crippen LogP contribution in [0, 0.1) is 0 Å². The maximum Gasteiger partial charge on any atom is 0.250 e. The van der Waals surface area contributed by atoms with E-state index in [9.17, 15) is 4.79 Å². The molecule has 4 nitrogen and oxygen atoms in total. The van der Waals surface area contributed by atoms with Gasteiger partial charge >= 0.3 is 0 Å². The second-order valence-corrected chi connectivity index (χ2v) is 2.63. The van der Waals surface area contributed by atoms with Crippen molar-refractivity contribution in [2.75, 3.05) is 0 Å². The van der Waals surface area contributed by atoms with Crippen LogP contribution >= 0.6 is 12.4 Å². The lowest BCUT2D eigenvalue weighted by Gasteiger charge is -1.99. The largest absolute Gasteiger partial charge is 0.366 e. The van der Waals surface area contributed by atoms with E-state index in [1.54, 1.807) is 18.3 Å². The van der Waals surface area contributed by atoms with E-state index in [4.69, 9.17) is 5.73 Å². The summed E-state index contributed by atoms with van der Waals surface area (Å²) in [4.78, 5) is 18.8. The number of fused-ring (bicyclic) bond motifs is 1. The van der Waals surface area contributed by atoms with Gasteiger partial charge in [0.2, 0.25) is 0 Å². The van der Waals surface area contributed by atoms with Gasteiger partial charge in [0.15, 0.2) is 0 Å². The van der Waals surface area contributed by atoms with E-state index in [0.29, 0.717) is 11.1 Å². The van der Waals surface area contributed by atoms with Gasteiger partial charge in [-0.15, -0.1) is 12.4 Å². The number of benzene rings is 1. The number of primary amides is 1. The molecule has 0 saturated heterocycles. The van der Waals surface area contributed by atoms with Gasteiger partial charge in [0, 0.05) is 11.6 Å². The van der Waals surface area contributed by atoms with Gasteiger partial charge in [0.25, 0.3) is 5.91 Å². The summed E-state index contributed by atoms with van der Waals surface area (Å²) in [5.74, 6) is -0.468. The molecule has 0 aliphatic heterocycles. The van der Waals surface area contributed by atoms with Gasteiger partial charge in [0.1, 0.15) is 6.33 Å². The van der Waals surface area contributed by atoms with Gasteiger partial charge in [-0.25, -0.2) is 9.97 Å². The molecular weight excluding hydrogens is 202 g/mol. The molecule has 2 rings (SSSR count). The van der Waals surface area contributed by atoms with Gasteiger partial charge in [-0.05, 0) is 6.07 Å². The maximum atomic E-state index is 11.0. The Bertz CT molecular complexity index is 467. The monoisotopic (exact) mass is 209 g/mol. The van der Waals surface area contributed by atoms with Crippen molar-refractivity contribution < 1.29 is 4.79 Å². The van der Waals surface area contributed by atoms with Gasteiger partial charge < -0.3 is 5.73 Å². The van der Waals surface area contributed by atoms with E-state index in [1.165, 1.54) is 6.33 Å². The van der Waals surface area contributed by atoms with Crippen LogP contribution in [0.25, 0.3) is 10.9 Å². The fourth-order valence-electron chi connectivity index (χ4n) is 1.21. The van der Waals surface area contributed by atoms with Crippen molar-refractivity contribution in [2.45, 2.75) is 0 Å². The molecule has 0 unspecified atom stereocenters. The van der Waals surface area contributed by atoms with Gasteiger partial charge in [-0.3, -0.25) is 4.79 Å². The van der Waals surface area contributed by atoms with Gasteiger partial charge in [-0.1, -0.05) is 12.1 Å². The molecule has 2 aromatic rings. The normalized spacial score (nSPS) is 9.43. The van der Waals surface area contributed by atoms with Crippen LogP contribution in [0.15, 0.2) is 30.7 Å². The summed E-state index contributed by atoms with van der Waals surface area (Å²) in [6.07, 6.45) is 3.05. The summed E-state index contributed by atoms with van der Waals surface area (Å²) < 4.78 is 0. The summed E-state index contributed by atoms with van der Waals surface area (Å²) >= 11 is 0. The molecule has 0 radical (unpaired) electrons. The molecule has 0 aliphatic carbocycles. The number of aromatic nitrogens is 2. The number of nitrogens with zero attached hydrogens (tertiary/aromatic N) is 2. The molecule has 0 fully saturated rings. The molecule has 0 bridgehead atoms. The third kappa shape index (κ3) is 1.65. The summed E-state index contributed by atoms with van der Waals surface area (Å²) in [5.41, 5.74) is 6.21. The molecule has 72 valence electrons. The highest BCUT2D eigenvalue weighted by atomic mass is 35.5. The van der Waals surface area contributed by atoms with E-state index in [-0.39, 0.29) is 12.4 Å². The van der Waals surface area contributed by atoms with Crippen LogP contribution < -0.4 is 5.73 Å². The lowest BCUT2D eigenvalue weighted by atomic mass is 10.1. The Morgan fingerprint density at radius 1 is 1.36 bits per heavy atom. The number of amides is 1. The van der Waals surface area contributed by atoms with Crippen molar-refractivity contribution in [1.29, 1.82) is 0 Å². The summed E-state index contributed by atoms with van der Waals surface area (Å²) in [6.45, 7) is 0. The molecular formula is C9H8ClN3O. The Kier molecular flexibility index (Phi) is 2.99. The van der Waals surface area contributed by atoms with E-state index >= 15 is 0 Å². The third-order valence-corrected chi connectivity index (χ3v) is 1.80. The molecule has 1 amide bonds. The van der Waals surface area contributed by atoms with Crippen LogP contribution in [0.3, 0.4) is 0 Å². The van der Waals surface area contributed by atoms with Crippen LogP contribution in [0.4, 0.5) is 0 Å². The second-order valence-electron chi connectivity index (χ2n) is 2.63. The zero-order valence-electron chi connectivity index (χ0n) is 7.18. The molecule has 0 spiro atoms. The second kappa shape index (κ2) is 4.02. The minimum atomic E-state index is -0.468. The highest BCUT2D eigenvalue weighted by molar-refractivity contribution is 6.04. The lowest BCUT2D eigenvalue weighted by Crippen LogP contribution is -2.11. The molecule has 1 heterocycles. The fourth-order valence-corrected chi connectivity index (χ4v) is 1.21. The molecule has 1 aromatic heterocycles. The standard InChI is InChI=1S/C9H7N3O.ClH/c10-9(13)7-3-1-2-6-4-11-5-12-8(6)7;/h1-5H,(H2,10,13);1H. The zero-order valence-corrected chi connectivity index (χ0v) is 7.99. The van der Waals surface area contributed by atoms with Crippen molar-refractivity contribution in [3.05, 3.63) is 36.3 Å². The number of hydrogen-bond acceptors (Lipinski definition) is 3. The number of nitrogens with two attached hydrogens (primary N) is 1. The molecule has 0 atom stereocenters. The predicted octanol–water partition coefficient (Wildman–Crippen LogP) is 1.15. The van der Waals surface area contributed by atoms with E-state index < -0.39 is 5.91 Å². The van der Waals surface area contributed by atoms with Crippen LogP contribution in [-0.2, 0) is 0 Å². The van der Waals surface area contributed by atoms with E-state index in [2.05, 4.69) is 9.97 Å². The zero-order chi connectivity index (χ0) is 9.26. The first kappa shape index (κ1) is 10.4. The highest BCUT2D eigenvalue weighted by Crippen LogP contribution is 2.13. The summed E-state index contributed by atoms with van der Waals surface area (Å²) in [5, 5.41) is 0.818. The first-order chi connectivity index (χ1) is 6.29. The van der Waals surface area contributed by atoms with Gasteiger partial charge in [-0.2, -0.15) is 0 Å². The topological polar surface area (TPSA) is 68.9 Å². The van der Waals surface area contributed by atoms with Crippen LogP contribution in [-0.4, -0.2) is 15.9 Å². The summed E-state index contributed by atoms with van der Waals surface area (Å²) in [7, 11) is 0. The smallest absolute Gasteiger partial charge is 0.250 e. The Hall–Kier alpha value is -1.68. The Morgan fingerprint density at radius 3 is 2.86 bits per heavy atom. The van der Waals surface area contributed by atoms with E-state index in [0.717, 1.165) is 5.39 Å². The molecule has 1 aromatic carbocycles. The van der Waals surface area contributed by atoms with Crippen molar-refractivity contribution in [2.24, 2.45) is 5.73 Å². The fraction of sp³-hybridized carbons (Fsp3) is 0. The molecule has 2 N–H and O–H groups in total. The number of halogens is 1. The number of hydrogen-bond donors (Lipinski definition) is 1. The highest BCUT2D eigenvalue weighted by Gasteiger charge is 2.05. The first-order valence-electron chi connectivity index (χ1n) is 3.77. The number of carbonyl (C=O) groups excluding carboxylic acids is 1. The number of para-hydroxylation sites is 1. The first-order valence-corrected chi connectivity index (χ1v) is 3.77. The Labute approximate surface area is 86.6 Å². The number of rotatable bonds is 1. The molecule has 14 heavy (non-hydrogen) atoms. The lowest BCUT2D eigenvalue weighted by molar-refractivity contribution is 0.100. The van der Waals surface area contributed by atoms with Crippen molar-refractivity contribution in [3.63, 3.8) is 0 Å². The van der Waals surface area contributed by atoms with Crippen LogP contribution in [0.1, 0.15) is 10.4 Å². The van der Waals surface area contributed by atoms with Crippen LogP contribution in [0.2, 0.25) is 0 Å². The molecule has 0 aliphatic rings. The third-order valence-electron chi connectivity index (χ3n) is 1.80. The van der Waals surface area contributed by atoms with Crippen molar-refractivity contribution >= 4 is 29.2 Å². The average Bonchev–Trinajstić information content (AvgIpc) is 2.17. The van der Waals surface area contributed by atoms with Gasteiger partial charge in [0.05, 0.1) is 11.1 Å². The SMILES string of the molecule is Cl.NC(=O)c1cccc2cncnc12. The number of carbonyl (C=O) groups is 1. The Balaban J connectivity index is 0.000000980. The van der Waals surface area contributed by atoms with Crippen molar-refractivity contribution in [3.8, 4) is 0 Å². The van der Waals surface area contributed by atoms with Crippen molar-refractivity contribution in [1.82, 2.24) is 9.97 Å². The molecule has 5 heteroatoms. The predicted molar refractivity (Wildman–Crippen MR) is 55.3 cm³/mol. The quantitative estimate of drug-likeness (QED) is 0.766. The average molecular weight is 210 g/mol. The minimum Gasteiger partial charge on any atom is -0.366 e. The van der Waals surface area contributed by atoms with E-state index in [1.807, 2.05) is 6.07 Å². The summed E-state index contributed by atoms with van der Waals surface area (Å²) in [6, 6.07) is 5.24. The minimum absolute atomic E-state index is 0. The Morgan fingerprint density at radius 2 is 2.14 bits per heavy atom. The molecule has 0 saturated carbocycles. The maximum absolute atomic E-state index is 11.0. The van der Waals surface area contributed by atoms with Crippen LogP contribution in [0.5, 0.6) is 0 Å².